The minimum Gasteiger partial charge on any atom is -0.394 e. The van der Waals surface area contributed by atoms with Crippen molar-refractivity contribution in [1.82, 2.24) is 0 Å². The van der Waals surface area contributed by atoms with Crippen LogP contribution in [0, 0.1) is 0 Å². The van der Waals surface area contributed by atoms with Gasteiger partial charge in [-0.1, -0.05) is 13.3 Å². The molecule has 16 heavy (non-hydrogen) atoms. The van der Waals surface area contributed by atoms with Crippen molar-refractivity contribution in [3.63, 3.8) is 0 Å². The monoisotopic (exact) mass is 236 g/mol. The summed E-state index contributed by atoms with van der Waals surface area (Å²) in [5, 5.41) is 8.34. The van der Waals surface area contributed by atoms with E-state index in [1.807, 2.05) is 13.8 Å². The van der Waals surface area contributed by atoms with Crippen molar-refractivity contribution in [3.8, 4) is 0 Å². The molecule has 0 aromatic heterocycles. The normalized spacial score (nSPS) is 9.75. The van der Waals surface area contributed by atoms with Crippen LogP contribution in [0.4, 0.5) is 0 Å². The smallest absolute Gasteiger partial charge is 0.0701 e. The first-order chi connectivity index (χ1) is 7.83. The SMILES string of the molecule is CCCCOCCOCCO.CCOCC. The maximum Gasteiger partial charge on any atom is 0.0701 e. The van der Waals surface area contributed by atoms with Crippen LogP contribution in [0.5, 0.6) is 0 Å². The molecule has 0 aliphatic rings. The molecule has 0 spiro atoms. The molecule has 0 heterocycles. The minimum absolute atomic E-state index is 0.0922. The van der Waals surface area contributed by atoms with Gasteiger partial charge in [-0.2, -0.15) is 0 Å². The van der Waals surface area contributed by atoms with Gasteiger partial charge in [-0.15, -0.1) is 0 Å². The zero-order valence-electron chi connectivity index (χ0n) is 11.0. The van der Waals surface area contributed by atoms with E-state index in [4.69, 9.17) is 19.3 Å². The van der Waals surface area contributed by atoms with E-state index in [0.717, 1.165) is 32.7 Å². The number of unbranched alkanes of at least 4 members (excludes halogenated alkanes) is 1. The maximum absolute atomic E-state index is 8.34. The van der Waals surface area contributed by atoms with Gasteiger partial charge in [0.2, 0.25) is 0 Å². The minimum atomic E-state index is 0.0922. The molecule has 0 radical (unpaired) electrons. The molecule has 0 bridgehead atoms. The number of hydrogen-bond donors (Lipinski definition) is 1. The molecule has 0 fully saturated rings. The molecule has 0 unspecified atom stereocenters. The summed E-state index contributed by atoms with van der Waals surface area (Å²) in [5.74, 6) is 0. The van der Waals surface area contributed by atoms with Crippen molar-refractivity contribution >= 4 is 0 Å². The number of hydrogen-bond acceptors (Lipinski definition) is 4. The molecule has 0 saturated carbocycles. The van der Waals surface area contributed by atoms with Crippen molar-refractivity contribution in [3.05, 3.63) is 0 Å². The molecule has 0 atom stereocenters. The number of aliphatic hydroxyl groups excluding tert-OH is 1. The lowest BCUT2D eigenvalue weighted by Gasteiger charge is -2.02. The van der Waals surface area contributed by atoms with Gasteiger partial charge < -0.3 is 19.3 Å². The van der Waals surface area contributed by atoms with Crippen molar-refractivity contribution in [1.29, 1.82) is 0 Å². The molecule has 1 N–H and O–H groups in total. The van der Waals surface area contributed by atoms with Crippen molar-refractivity contribution in [2.24, 2.45) is 0 Å². The van der Waals surface area contributed by atoms with Crippen molar-refractivity contribution < 1.29 is 19.3 Å². The number of ether oxygens (including phenoxy) is 3. The fourth-order valence-electron chi connectivity index (χ4n) is 0.837. The van der Waals surface area contributed by atoms with Gasteiger partial charge in [0.25, 0.3) is 0 Å². The molecule has 0 aromatic carbocycles. The third-order valence-electron chi connectivity index (χ3n) is 1.66. The van der Waals surface area contributed by atoms with Crippen LogP contribution in [-0.2, 0) is 14.2 Å². The Labute approximate surface area is 99.9 Å². The molecular formula is C12H28O4. The Bertz CT molecular complexity index is 89.0. The predicted molar refractivity (Wildman–Crippen MR) is 65.8 cm³/mol. The van der Waals surface area contributed by atoms with Gasteiger partial charge in [-0.05, 0) is 20.3 Å². The summed E-state index contributed by atoms with van der Waals surface area (Å²) >= 11 is 0. The van der Waals surface area contributed by atoms with Crippen LogP contribution in [0.3, 0.4) is 0 Å². The van der Waals surface area contributed by atoms with Gasteiger partial charge in [0.05, 0.1) is 26.4 Å². The van der Waals surface area contributed by atoms with E-state index in [9.17, 15) is 0 Å². The molecule has 0 aromatic rings. The van der Waals surface area contributed by atoms with Gasteiger partial charge >= 0.3 is 0 Å². The van der Waals surface area contributed by atoms with E-state index in [-0.39, 0.29) is 6.61 Å². The Morgan fingerprint density at radius 3 is 1.69 bits per heavy atom. The fourth-order valence-corrected chi connectivity index (χ4v) is 0.837. The van der Waals surface area contributed by atoms with Crippen LogP contribution in [0.1, 0.15) is 33.6 Å². The van der Waals surface area contributed by atoms with Crippen LogP contribution < -0.4 is 0 Å². The second-order valence-corrected chi connectivity index (χ2v) is 3.08. The van der Waals surface area contributed by atoms with Gasteiger partial charge in [0, 0.05) is 19.8 Å². The highest BCUT2D eigenvalue weighted by Gasteiger charge is 1.87. The molecule has 4 nitrogen and oxygen atoms in total. The van der Waals surface area contributed by atoms with Crippen molar-refractivity contribution in [2.75, 3.05) is 46.2 Å². The van der Waals surface area contributed by atoms with Crippen LogP contribution >= 0.6 is 0 Å². The largest absolute Gasteiger partial charge is 0.394 e. The topological polar surface area (TPSA) is 47.9 Å². The number of rotatable bonds is 10. The van der Waals surface area contributed by atoms with Crippen LogP contribution in [0.2, 0.25) is 0 Å². The second-order valence-electron chi connectivity index (χ2n) is 3.08. The quantitative estimate of drug-likeness (QED) is 0.588. The van der Waals surface area contributed by atoms with Crippen molar-refractivity contribution in [2.45, 2.75) is 33.6 Å². The lowest BCUT2D eigenvalue weighted by Crippen LogP contribution is -2.07. The van der Waals surface area contributed by atoms with E-state index in [2.05, 4.69) is 6.92 Å². The summed E-state index contributed by atoms with van der Waals surface area (Å²) in [6.45, 7) is 10.3. The maximum atomic E-state index is 8.34. The Morgan fingerprint density at radius 2 is 1.31 bits per heavy atom. The molecule has 0 aliphatic carbocycles. The summed E-state index contributed by atoms with van der Waals surface area (Å²) in [6, 6.07) is 0. The summed E-state index contributed by atoms with van der Waals surface area (Å²) in [6.07, 6.45) is 2.28. The van der Waals surface area contributed by atoms with Gasteiger partial charge in [-0.25, -0.2) is 0 Å². The first-order valence-electron chi connectivity index (χ1n) is 6.17. The molecule has 0 amide bonds. The highest BCUT2D eigenvalue weighted by Crippen LogP contribution is 1.87. The highest BCUT2D eigenvalue weighted by molar-refractivity contribution is 4.33. The number of aliphatic hydroxyl groups is 1. The fraction of sp³-hybridized carbons (Fsp3) is 1.00. The lowest BCUT2D eigenvalue weighted by atomic mass is 10.4. The Hall–Kier alpha value is -0.160. The van der Waals surface area contributed by atoms with Gasteiger partial charge in [0.1, 0.15) is 0 Å². The summed E-state index contributed by atoms with van der Waals surface area (Å²) in [5.41, 5.74) is 0. The van der Waals surface area contributed by atoms with E-state index in [1.165, 1.54) is 0 Å². The zero-order valence-corrected chi connectivity index (χ0v) is 11.0. The molecule has 0 saturated heterocycles. The molecule has 0 rings (SSSR count). The third kappa shape index (κ3) is 23.6. The molecule has 0 aliphatic heterocycles. The summed E-state index contributed by atoms with van der Waals surface area (Å²) < 4.78 is 15.0. The average Bonchev–Trinajstić information content (AvgIpc) is 2.30. The molecule has 100 valence electrons. The first kappa shape index (κ1) is 18.2. The summed E-state index contributed by atoms with van der Waals surface area (Å²) in [4.78, 5) is 0. The third-order valence-corrected chi connectivity index (χ3v) is 1.66. The Morgan fingerprint density at radius 1 is 0.750 bits per heavy atom. The molecule has 4 heteroatoms. The zero-order chi connectivity index (χ0) is 12.5. The molecular weight excluding hydrogens is 208 g/mol. The Balaban J connectivity index is 0. The summed E-state index contributed by atoms with van der Waals surface area (Å²) in [7, 11) is 0. The van der Waals surface area contributed by atoms with Gasteiger partial charge in [0.15, 0.2) is 0 Å². The van der Waals surface area contributed by atoms with Crippen LogP contribution in [0.15, 0.2) is 0 Å². The van der Waals surface area contributed by atoms with E-state index in [0.29, 0.717) is 19.8 Å². The lowest BCUT2D eigenvalue weighted by molar-refractivity contribution is 0.0324. The van der Waals surface area contributed by atoms with Gasteiger partial charge in [-0.3, -0.25) is 0 Å². The standard InChI is InChI=1S/C8H18O3.C4H10O/c1-2-3-5-10-7-8-11-6-4-9;1-3-5-4-2/h9H,2-8H2,1H3;3-4H2,1-2H3. The van der Waals surface area contributed by atoms with E-state index < -0.39 is 0 Å². The average molecular weight is 236 g/mol. The van der Waals surface area contributed by atoms with E-state index in [1.54, 1.807) is 0 Å². The first-order valence-corrected chi connectivity index (χ1v) is 6.17. The highest BCUT2D eigenvalue weighted by atomic mass is 16.5. The second kappa shape index (κ2) is 20.3. The Kier molecular flexibility index (Phi) is 23.1. The van der Waals surface area contributed by atoms with Crippen LogP contribution in [0.25, 0.3) is 0 Å². The van der Waals surface area contributed by atoms with E-state index >= 15 is 0 Å². The van der Waals surface area contributed by atoms with Crippen LogP contribution in [-0.4, -0.2) is 51.4 Å². The predicted octanol–water partition coefficient (Wildman–Crippen LogP) is 1.85.